The summed E-state index contributed by atoms with van der Waals surface area (Å²) in [5.41, 5.74) is 1.01. The number of Topliss-reactive ketones (excluding diaryl/α,β-unsaturated/α-hetero) is 1. The van der Waals surface area contributed by atoms with Crippen LogP contribution in [0.2, 0.25) is 0 Å². The van der Waals surface area contributed by atoms with Crippen LogP contribution < -0.4 is 4.72 Å². The van der Waals surface area contributed by atoms with E-state index in [-0.39, 0.29) is 10.7 Å². The van der Waals surface area contributed by atoms with Gasteiger partial charge in [-0.3, -0.25) is 9.52 Å². The predicted octanol–water partition coefficient (Wildman–Crippen LogP) is 4.23. The molecule has 0 aliphatic carbocycles. The molecule has 0 radical (unpaired) electrons. The topological polar surface area (TPSA) is 63.2 Å². The maximum absolute atomic E-state index is 12.3. The van der Waals surface area contributed by atoms with E-state index in [2.05, 4.69) is 20.7 Å². The van der Waals surface area contributed by atoms with Crippen LogP contribution in [-0.4, -0.2) is 14.2 Å². The van der Waals surface area contributed by atoms with Gasteiger partial charge in [0.05, 0.1) is 4.90 Å². The normalized spacial score (nSPS) is 11.2. The van der Waals surface area contributed by atoms with Crippen LogP contribution in [-0.2, 0) is 10.0 Å². The number of nitrogens with one attached hydrogen (secondary N) is 1. The average Bonchev–Trinajstić information content (AvgIpc) is 2.48. The summed E-state index contributed by atoms with van der Waals surface area (Å²) < 4.78 is 27.7. The van der Waals surface area contributed by atoms with Crippen LogP contribution in [0.15, 0.2) is 57.9 Å². The van der Waals surface area contributed by atoms with Gasteiger partial charge in [-0.25, -0.2) is 8.42 Å². The highest BCUT2D eigenvalue weighted by Crippen LogP contribution is 2.20. The Morgan fingerprint density at radius 1 is 1.14 bits per heavy atom. The van der Waals surface area contributed by atoms with Crippen LogP contribution in [0.5, 0.6) is 0 Å². The van der Waals surface area contributed by atoms with Crippen molar-refractivity contribution < 1.29 is 13.2 Å². The van der Waals surface area contributed by atoms with Gasteiger partial charge in [0.1, 0.15) is 0 Å². The second-order valence-electron chi connectivity index (χ2n) is 4.81. The molecule has 0 saturated heterocycles. The third-order valence-corrected chi connectivity index (χ3v) is 4.91. The molecule has 0 atom stereocenters. The van der Waals surface area contributed by atoms with Crippen molar-refractivity contribution in [1.82, 2.24) is 0 Å². The minimum absolute atomic E-state index is 0.0592. The first-order valence-corrected chi connectivity index (χ1v) is 9.11. The van der Waals surface area contributed by atoms with Crippen LogP contribution in [0.4, 0.5) is 5.69 Å². The Bertz CT molecular complexity index is 770. The van der Waals surface area contributed by atoms with Crippen LogP contribution >= 0.6 is 15.9 Å². The minimum atomic E-state index is -3.64. The number of benzene rings is 2. The number of rotatable bonds is 6. The fourth-order valence-corrected chi connectivity index (χ4v) is 3.60. The summed E-state index contributed by atoms with van der Waals surface area (Å²) in [7, 11) is -3.64. The zero-order valence-corrected chi connectivity index (χ0v) is 14.4. The van der Waals surface area contributed by atoms with Gasteiger partial charge in [0.15, 0.2) is 5.78 Å². The van der Waals surface area contributed by atoms with Crippen LogP contribution in [0.3, 0.4) is 0 Å². The first-order valence-electron chi connectivity index (χ1n) is 6.84. The molecule has 1 N–H and O–H groups in total. The molecule has 2 aromatic rings. The van der Waals surface area contributed by atoms with Crippen molar-refractivity contribution in [1.29, 1.82) is 0 Å². The Kier molecular flexibility index (Phi) is 5.37. The third-order valence-electron chi connectivity index (χ3n) is 3.04. The minimum Gasteiger partial charge on any atom is -0.294 e. The summed E-state index contributed by atoms with van der Waals surface area (Å²) in [6.07, 6.45) is 1.28. The molecule has 0 aliphatic heterocycles. The van der Waals surface area contributed by atoms with Gasteiger partial charge in [-0.2, -0.15) is 0 Å². The molecule has 2 rings (SSSR count). The lowest BCUT2D eigenvalue weighted by molar-refractivity contribution is 0.0982. The van der Waals surface area contributed by atoms with Crippen molar-refractivity contribution in [2.24, 2.45) is 0 Å². The molecule has 6 heteroatoms. The van der Waals surface area contributed by atoms with Crippen molar-refractivity contribution in [3.8, 4) is 0 Å². The number of anilines is 1. The van der Waals surface area contributed by atoms with Crippen molar-refractivity contribution in [3.63, 3.8) is 0 Å². The smallest absolute Gasteiger partial charge is 0.261 e. The van der Waals surface area contributed by atoms with Gasteiger partial charge in [-0.05, 0) is 48.9 Å². The van der Waals surface area contributed by atoms with Crippen LogP contribution in [0, 0.1) is 0 Å². The summed E-state index contributed by atoms with van der Waals surface area (Å²) in [4.78, 5) is 11.9. The van der Waals surface area contributed by atoms with Crippen LogP contribution in [0.25, 0.3) is 0 Å². The molecular formula is C16H16BrNO3S. The summed E-state index contributed by atoms with van der Waals surface area (Å²) in [5, 5.41) is 0. The number of halogens is 1. The largest absolute Gasteiger partial charge is 0.294 e. The molecule has 0 amide bonds. The molecule has 116 valence electrons. The monoisotopic (exact) mass is 381 g/mol. The van der Waals surface area contributed by atoms with Gasteiger partial charge in [0, 0.05) is 22.1 Å². The lowest BCUT2D eigenvalue weighted by Crippen LogP contribution is -2.13. The van der Waals surface area contributed by atoms with E-state index < -0.39 is 10.0 Å². The quantitative estimate of drug-likeness (QED) is 0.761. The van der Waals surface area contributed by atoms with Gasteiger partial charge in [0.25, 0.3) is 10.0 Å². The fourth-order valence-electron chi connectivity index (χ4n) is 1.94. The number of hydrogen-bond acceptors (Lipinski definition) is 3. The van der Waals surface area contributed by atoms with E-state index in [1.54, 1.807) is 36.4 Å². The molecule has 0 bridgehead atoms. The van der Waals surface area contributed by atoms with E-state index >= 15 is 0 Å². The van der Waals surface area contributed by atoms with E-state index in [0.29, 0.717) is 22.1 Å². The Morgan fingerprint density at radius 2 is 1.82 bits per heavy atom. The summed E-state index contributed by atoms with van der Waals surface area (Å²) in [6, 6.07) is 12.9. The molecule has 0 heterocycles. The zero-order valence-electron chi connectivity index (χ0n) is 12.0. The van der Waals surface area contributed by atoms with E-state index in [1.807, 2.05) is 6.92 Å². The van der Waals surface area contributed by atoms with Crippen molar-refractivity contribution in [2.45, 2.75) is 24.7 Å². The van der Waals surface area contributed by atoms with E-state index in [9.17, 15) is 13.2 Å². The second-order valence-corrected chi connectivity index (χ2v) is 7.41. The number of carbonyl (C=O) groups excluding carboxylic acids is 1. The van der Waals surface area contributed by atoms with Gasteiger partial charge in [0.2, 0.25) is 0 Å². The molecule has 2 aromatic carbocycles. The number of carbonyl (C=O) groups is 1. The first kappa shape index (κ1) is 16.7. The van der Waals surface area contributed by atoms with E-state index in [0.717, 1.165) is 6.42 Å². The van der Waals surface area contributed by atoms with Crippen molar-refractivity contribution in [2.75, 3.05) is 4.72 Å². The Morgan fingerprint density at radius 3 is 2.41 bits per heavy atom. The van der Waals surface area contributed by atoms with Gasteiger partial charge in [-0.15, -0.1) is 0 Å². The molecule has 22 heavy (non-hydrogen) atoms. The maximum atomic E-state index is 12.3. The molecule has 0 saturated carbocycles. The maximum Gasteiger partial charge on any atom is 0.261 e. The number of sulfonamides is 1. The molecule has 4 nitrogen and oxygen atoms in total. The Labute approximate surface area is 138 Å². The SMILES string of the molecule is CCCC(=O)c1ccc(NS(=O)(=O)c2cccc(Br)c2)cc1. The molecule has 0 aromatic heterocycles. The van der Waals surface area contributed by atoms with Crippen LogP contribution in [0.1, 0.15) is 30.1 Å². The molecule has 0 spiro atoms. The average molecular weight is 382 g/mol. The molecule has 0 aliphatic rings. The predicted molar refractivity (Wildman–Crippen MR) is 90.6 cm³/mol. The number of ketones is 1. The number of hydrogen-bond donors (Lipinski definition) is 1. The van der Waals surface area contributed by atoms with Gasteiger partial charge >= 0.3 is 0 Å². The van der Waals surface area contributed by atoms with Gasteiger partial charge < -0.3 is 0 Å². The lowest BCUT2D eigenvalue weighted by atomic mass is 10.1. The Balaban J connectivity index is 2.18. The first-order chi connectivity index (χ1) is 10.4. The van der Waals surface area contributed by atoms with E-state index in [1.165, 1.54) is 12.1 Å². The van der Waals surface area contributed by atoms with Crippen molar-refractivity contribution in [3.05, 3.63) is 58.6 Å². The summed E-state index contributed by atoms with van der Waals surface area (Å²) in [5.74, 6) is 0.0592. The lowest BCUT2D eigenvalue weighted by Gasteiger charge is -2.09. The Hall–Kier alpha value is -1.66. The highest BCUT2D eigenvalue weighted by Gasteiger charge is 2.14. The second kappa shape index (κ2) is 7.07. The third kappa shape index (κ3) is 4.18. The summed E-state index contributed by atoms with van der Waals surface area (Å²) in [6.45, 7) is 1.94. The highest BCUT2D eigenvalue weighted by molar-refractivity contribution is 9.10. The van der Waals surface area contributed by atoms with E-state index in [4.69, 9.17) is 0 Å². The fraction of sp³-hybridized carbons (Fsp3) is 0.188. The zero-order chi connectivity index (χ0) is 16.2. The molecule has 0 unspecified atom stereocenters. The molecular weight excluding hydrogens is 366 g/mol. The summed E-state index contributed by atoms with van der Waals surface area (Å²) >= 11 is 3.25. The van der Waals surface area contributed by atoms with Crippen molar-refractivity contribution >= 4 is 37.4 Å². The molecule has 0 fully saturated rings. The standard InChI is InChI=1S/C16H16BrNO3S/c1-2-4-16(19)12-7-9-14(10-8-12)18-22(20,21)15-6-3-5-13(17)11-15/h3,5-11,18H,2,4H2,1H3. The highest BCUT2D eigenvalue weighted by atomic mass is 79.9. The van der Waals surface area contributed by atoms with Gasteiger partial charge in [-0.1, -0.05) is 28.9 Å².